The van der Waals surface area contributed by atoms with Gasteiger partial charge < -0.3 is 5.32 Å². The minimum absolute atomic E-state index is 0.212. The first-order valence-corrected chi connectivity index (χ1v) is 9.75. The van der Waals surface area contributed by atoms with E-state index in [9.17, 15) is 8.78 Å². The molecular weight excluding hydrogens is 352 g/mol. The van der Waals surface area contributed by atoms with Crippen LogP contribution in [0.1, 0.15) is 39.2 Å². The maximum absolute atomic E-state index is 13.8. The molecule has 2 rings (SSSR count). The number of aliphatic imine (C=N–C) groups is 1. The number of nitrogens with zero attached hydrogens (tertiary/aromatic N) is 1. The Labute approximate surface area is 159 Å². The summed E-state index contributed by atoms with van der Waals surface area (Å²) in [6.07, 6.45) is 9.35. The lowest BCUT2D eigenvalue weighted by Crippen LogP contribution is -2.47. The largest absolute Gasteiger partial charge is 0.317 e. The fraction of sp³-hybridized carbons (Fsp3) is 0.450. The summed E-state index contributed by atoms with van der Waals surface area (Å²) >= 11 is 1.48. The quantitative estimate of drug-likeness (QED) is 0.409. The molecule has 3 nitrogen and oxygen atoms in total. The van der Waals surface area contributed by atoms with Gasteiger partial charge in [0.2, 0.25) is 0 Å². The lowest BCUT2D eigenvalue weighted by molar-refractivity contribution is 0.294. The standard InChI is InChI=1S/C20H27F2N3S/c1-4-5-6-17(14-24-15(2)3)26-25-20(9-11-23-12-10-20)16-7-8-18(21)19(22)13-16/h4-8,13-15,23,25H,9-12H2,1-3H3/b5-4+,17-6+,24-14?. The van der Waals surface area contributed by atoms with E-state index in [1.54, 1.807) is 6.07 Å². The molecule has 0 bridgehead atoms. The molecule has 1 aromatic rings. The van der Waals surface area contributed by atoms with E-state index in [2.05, 4.69) is 15.0 Å². The van der Waals surface area contributed by atoms with Gasteiger partial charge in [-0.2, -0.15) is 0 Å². The SMILES string of the molecule is C/C=C/C=C(\C=NC(C)C)SNC1(c2ccc(F)c(F)c2)CCNCC1. The summed E-state index contributed by atoms with van der Waals surface area (Å²) in [7, 11) is 0. The van der Waals surface area contributed by atoms with Crippen molar-refractivity contribution in [1.29, 1.82) is 0 Å². The van der Waals surface area contributed by atoms with E-state index in [0.29, 0.717) is 0 Å². The third-order valence-corrected chi connectivity index (χ3v) is 5.22. The van der Waals surface area contributed by atoms with E-state index in [-0.39, 0.29) is 6.04 Å². The number of halogens is 2. The molecule has 1 aromatic carbocycles. The van der Waals surface area contributed by atoms with Crippen LogP contribution in [0.2, 0.25) is 0 Å². The van der Waals surface area contributed by atoms with Crippen molar-refractivity contribution in [2.24, 2.45) is 4.99 Å². The Bertz CT molecular complexity index is 678. The second-order valence-electron chi connectivity index (χ2n) is 6.63. The first-order chi connectivity index (χ1) is 12.5. The molecule has 1 aliphatic rings. The van der Waals surface area contributed by atoms with Crippen molar-refractivity contribution in [3.8, 4) is 0 Å². The van der Waals surface area contributed by atoms with Crippen molar-refractivity contribution in [2.75, 3.05) is 13.1 Å². The molecule has 0 unspecified atom stereocenters. The van der Waals surface area contributed by atoms with Gasteiger partial charge in [0.25, 0.3) is 0 Å². The van der Waals surface area contributed by atoms with E-state index in [1.165, 1.54) is 24.1 Å². The molecule has 0 amide bonds. The lowest BCUT2D eigenvalue weighted by Gasteiger charge is -2.38. The second kappa shape index (κ2) is 10.00. The van der Waals surface area contributed by atoms with Gasteiger partial charge in [0.05, 0.1) is 5.54 Å². The second-order valence-corrected chi connectivity index (χ2v) is 7.51. The van der Waals surface area contributed by atoms with Crippen LogP contribution in [0.3, 0.4) is 0 Å². The summed E-state index contributed by atoms with van der Waals surface area (Å²) in [6, 6.07) is 4.40. The summed E-state index contributed by atoms with van der Waals surface area (Å²) < 4.78 is 30.7. The lowest BCUT2D eigenvalue weighted by atomic mass is 9.82. The molecule has 1 aliphatic heterocycles. The zero-order chi connectivity index (χ0) is 19.0. The molecule has 2 N–H and O–H groups in total. The first kappa shape index (κ1) is 20.8. The molecule has 0 spiro atoms. The topological polar surface area (TPSA) is 36.4 Å². The van der Waals surface area contributed by atoms with E-state index in [0.717, 1.165) is 36.4 Å². The number of nitrogens with one attached hydrogen (secondary N) is 2. The Kier molecular flexibility index (Phi) is 8.00. The molecule has 0 aliphatic carbocycles. The van der Waals surface area contributed by atoms with E-state index < -0.39 is 17.2 Å². The van der Waals surface area contributed by atoms with Crippen LogP contribution in [-0.4, -0.2) is 25.3 Å². The maximum atomic E-state index is 13.8. The van der Waals surface area contributed by atoms with E-state index in [1.807, 2.05) is 45.2 Å². The molecule has 1 heterocycles. The fourth-order valence-corrected chi connectivity index (χ4v) is 3.67. The molecular formula is C20H27F2N3S. The van der Waals surface area contributed by atoms with Crippen LogP contribution in [0.25, 0.3) is 0 Å². The highest BCUT2D eigenvalue weighted by molar-refractivity contribution is 8.02. The summed E-state index contributed by atoms with van der Waals surface area (Å²) in [5.74, 6) is -1.62. The molecule has 1 fully saturated rings. The normalized spacial score (nSPS) is 18.3. The predicted octanol–water partition coefficient (Wildman–Crippen LogP) is 4.72. The summed E-state index contributed by atoms with van der Waals surface area (Å²) in [5, 5.41) is 3.33. The number of allylic oxidation sites excluding steroid dienone is 4. The van der Waals surface area contributed by atoms with Gasteiger partial charge in [-0.3, -0.25) is 4.99 Å². The summed E-state index contributed by atoms with van der Waals surface area (Å²) in [4.78, 5) is 5.42. The molecule has 0 saturated carbocycles. The van der Waals surface area contributed by atoms with Crippen LogP contribution in [0.5, 0.6) is 0 Å². The Morgan fingerprint density at radius 1 is 1.27 bits per heavy atom. The number of hydrogen-bond donors (Lipinski definition) is 2. The van der Waals surface area contributed by atoms with Gasteiger partial charge in [-0.25, -0.2) is 13.5 Å². The first-order valence-electron chi connectivity index (χ1n) is 8.93. The van der Waals surface area contributed by atoms with Crippen LogP contribution in [0.15, 0.2) is 46.3 Å². The van der Waals surface area contributed by atoms with Gasteiger partial charge in [-0.1, -0.05) is 18.2 Å². The Morgan fingerprint density at radius 2 is 2.00 bits per heavy atom. The van der Waals surface area contributed by atoms with Crippen LogP contribution in [0, 0.1) is 11.6 Å². The van der Waals surface area contributed by atoms with Gasteiger partial charge in [-0.05, 0) is 82.4 Å². The van der Waals surface area contributed by atoms with Crippen LogP contribution in [-0.2, 0) is 5.54 Å². The Balaban J connectivity index is 2.24. The van der Waals surface area contributed by atoms with Crippen LogP contribution >= 0.6 is 11.9 Å². The predicted molar refractivity (Wildman–Crippen MR) is 107 cm³/mol. The van der Waals surface area contributed by atoms with Gasteiger partial charge in [0.15, 0.2) is 11.6 Å². The molecule has 142 valence electrons. The molecule has 1 saturated heterocycles. The van der Waals surface area contributed by atoms with Gasteiger partial charge >= 0.3 is 0 Å². The monoisotopic (exact) mass is 379 g/mol. The molecule has 0 atom stereocenters. The Morgan fingerprint density at radius 3 is 2.62 bits per heavy atom. The van der Waals surface area contributed by atoms with Crippen LogP contribution < -0.4 is 10.0 Å². The number of piperidine rings is 1. The maximum Gasteiger partial charge on any atom is 0.159 e. The van der Waals surface area contributed by atoms with Gasteiger partial charge in [-0.15, -0.1) is 0 Å². The van der Waals surface area contributed by atoms with Crippen LogP contribution in [0.4, 0.5) is 8.78 Å². The Hall–Kier alpha value is -1.50. The van der Waals surface area contributed by atoms with Crippen molar-refractivity contribution in [1.82, 2.24) is 10.0 Å². The third kappa shape index (κ3) is 5.76. The average Bonchev–Trinajstić information content (AvgIpc) is 2.64. The highest BCUT2D eigenvalue weighted by Gasteiger charge is 2.34. The zero-order valence-electron chi connectivity index (χ0n) is 15.6. The van der Waals surface area contributed by atoms with Crippen molar-refractivity contribution >= 4 is 18.2 Å². The smallest absolute Gasteiger partial charge is 0.159 e. The van der Waals surface area contributed by atoms with Crippen molar-refractivity contribution in [3.63, 3.8) is 0 Å². The van der Waals surface area contributed by atoms with Crippen molar-refractivity contribution in [3.05, 3.63) is 58.5 Å². The molecule has 26 heavy (non-hydrogen) atoms. The molecule has 0 aromatic heterocycles. The number of hydrogen-bond acceptors (Lipinski definition) is 4. The zero-order valence-corrected chi connectivity index (χ0v) is 16.4. The van der Waals surface area contributed by atoms with E-state index >= 15 is 0 Å². The highest BCUT2D eigenvalue weighted by atomic mass is 32.2. The average molecular weight is 380 g/mol. The number of rotatable bonds is 7. The number of benzene rings is 1. The highest BCUT2D eigenvalue weighted by Crippen LogP contribution is 2.34. The van der Waals surface area contributed by atoms with Crippen molar-refractivity contribution < 1.29 is 8.78 Å². The minimum Gasteiger partial charge on any atom is -0.317 e. The molecule has 6 heteroatoms. The minimum atomic E-state index is -0.816. The fourth-order valence-electron chi connectivity index (χ4n) is 2.77. The summed E-state index contributed by atoms with van der Waals surface area (Å²) in [6.45, 7) is 7.65. The van der Waals surface area contributed by atoms with Gasteiger partial charge in [0.1, 0.15) is 0 Å². The van der Waals surface area contributed by atoms with E-state index in [4.69, 9.17) is 0 Å². The van der Waals surface area contributed by atoms with Crippen molar-refractivity contribution in [2.45, 2.75) is 45.2 Å². The van der Waals surface area contributed by atoms with Gasteiger partial charge in [0, 0.05) is 17.2 Å². The summed E-state index contributed by atoms with van der Waals surface area (Å²) in [5.41, 5.74) is 0.363. The third-order valence-electron chi connectivity index (χ3n) is 4.25. The molecule has 0 radical (unpaired) electrons.